The van der Waals surface area contributed by atoms with Crippen molar-refractivity contribution in [3.8, 4) is 0 Å². The van der Waals surface area contributed by atoms with E-state index in [0.29, 0.717) is 0 Å². The van der Waals surface area contributed by atoms with Crippen LogP contribution in [0.2, 0.25) is 0 Å². The predicted octanol–water partition coefficient (Wildman–Crippen LogP) is 0.564. The summed E-state index contributed by atoms with van der Waals surface area (Å²) in [6.45, 7) is 2.34. The van der Waals surface area contributed by atoms with E-state index < -0.39 is 22.9 Å². The minimum Gasteiger partial charge on any atom is -1.00 e. The van der Waals surface area contributed by atoms with Gasteiger partial charge in [0.25, 0.3) is 0 Å². The molecule has 2 aliphatic carbocycles. The van der Waals surface area contributed by atoms with Crippen LogP contribution in [0.5, 0.6) is 0 Å². The van der Waals surface area contributed by atoms with Crippen molar-refractivity contribution in [2.24, 2.45) is 0 Å². The van der Waals surface area contributed by atoms with E-state index in [4.69, 9.17) is 0 Å². The van der Waals surface area contributed by atoms with E-state index in [0.717, 1.165) is 7.35 Å². The monoisotopic (exact) mass is 566 g/mol. The fraction of sp³-hybridized carbons (Fsp3) is 0.273. The van der Waals surface area contributed by atoms with Crippen molar-refractivity contribution in [2.45, 2.75) is 27.1 Å². The smallest absolute Gasteiger partial charge is 1.00 e. The SMILES string of the molecule is CCCCP1C2=Cc3ccccc3[CH]2[Hf+2][CH]2C1=Cc1ccccc12.[Cl-].[Cl-]. The van der Waals surface area contributed by atoms with Crippen molar-refractivity contribution in [3.63, 3.8) is 0 Å². The average Bonchev–Trinajstić information content (AvgIpc) is 3.17. The molecule has 0 bridgehead atoms. The Bertz CT molecular complexity index is 806. The summed E-state index contributed by atoms with van der Waals surface area (Å²) in [6.07, 6.45) is 9.28. The molecule has 5 rings (SSSR count). The van der Waals surface area contributed by atoms with Gasteiger partial charge in [0.2, 0.25) is 0 Å². The van der Waals surface area contributed by atoms with Crippen LogP contribution in [-0.4, -0.2) is 6.16 Å². The molecule has 0 saturated carbocycles. The molecule has 2 atom stereocenters. The maximum atomic E-state index is 2.59. The Hall–Kier alpha value is -0.200. The Kier molecular flexibility index (Phi) is 6.66. The van der Waals surface area contributed by atoms with Crippen molar-refractivity contribution in [1.82, 2.24) is 0 Å². The molecule has 0 amide bonds. The molecule has 132 valence electrons. The van der Waals surface area contributed by atoms with Crippen LogP contribution in [0.15, 0.2) is 59.2 Å². The van der Waals surface area contributed by atoms with Gasteiger partial charge in [0.05, 0.1) is 0 Å². The molecule has 26 heavy (non-hydrogen) atoms. The van der Waals surface area contributed by atoms with E-state index in [-0.39, 0.29) is 32.7 Å². The molecule has 1 heterocycles. The van der Waals surface area contributed by atoms with Crippen LogP contribution in [-0.2, 0) is 22.9 Å². The first-order valence-electron chi connectivity index (χ1n) is 9.01. The number of hydrogen-bond acceptors (Lipinski definition) is 0. The molecular formula is C22H21Cl2HfP. The molecule has 1 saturated heterocycles. The minimum atomic E-state index is -0.827. The molecule has 2 unspecified atom stereocenters. The molecule has 0 spiro atoms. The largest absolute Gasteiger partial charge is 1.00 e. The maximum absolute atomic E-state index is 2.59. The number of halogens is 2. The zero-order chi connectivity index (χ0) is 16.1. The van der Waals surface area contributed by atoms with Gasteiger partial charge in [-0.2, -0.15) is 0 Å². The van der Waals surface area contributed by atoms with Gasteiger partial charge in [-0.3, -0.25) is 0 Å². The van der Waals surface area contributed by atoms with Crippen LogP contribution in [0.4, 0.5) is 0 Å². The first kappa shape index (κ1) is 20.5. The number of fused-ring (bicyclic) bond motifs is 6. The molecular weight excluding hydrogens is 545 g/mol. The van der Waals surface area contributed by atoms with Crippen LogP contribution in [0.25, 0.3) is 12.2 Å². The molecule has 2 aromatic carbocycles. The summed E-state index contributed by atoms with van der Waals surface area (Å²) in [5.74, 6) is 0. The fourth-order valence-corrected chi connectivity index (χ4v) is 18.0. The van der Waals surface area contributed by atoms with Gasteiger partial charge >= 0.3 is 158 Å². The van der Waals surface area contributed by atoms with E-state index in [1.54, 1.807) is 11.1 Å². The van der Waals surface area contributed by atoms with Crippen molar-refractivity contribution < 1.29 is 47.7 Å². The normalized spacial score (nSPS) is 23.5. The molecule has 0 aromatic heterocycles. The molecule has 1 aliphatic heterocycles. The number of hydrogen-bond donors (Lipinski definition) is 0. The van der Waals surface area contributed by atoms with E-state index >= 15 is 0 Å². The summed E-state index contributed by atoms with van der Waals surface area (Å²) >= 11 is -0.827. The predicted molar refractivity (Wildman–Crippen MR) is 101 cm³/mol. The van der Waals surface area contributed by atoms with E-state index in [2.05, 4.69) is 67.6 Å². The van der Waals surface area contributed by atoms with Gasteiger partial charge < -0.3 is 24.8 Å². The zero-order valence-electron chi connectivity index (χ0n) is 14.8. The van der Waals surface area contributed by atoms with Crippen LogP contribution in [0, 0.1) is 0 Å². The van der Waals surface area contributed by atoms with Gasteiger partial charge in [-0.15, -0.1) is 0 Å². The molecule has 3 aliphatic rings. The number of allylic oxidation sites excluding steroid dienone is 2. The molecule has 4 heteroatoms. The summed E-state index contributed by atoms with van der Waals surface area (Å²) in [6, 6.07) is 18.4. The second-order valence-corrected chi connectivity index (χ2v) is 14.6. The van der Waals surface area contributed by atoms with Crippen LogP contribution < -0.4 is 24.8 Å². The van der Waals surface area contributed by atoms with Gasteiger partial charge in [0.15, 0.2) is 0 Å². The number of rotatable bonds is 3. The Balaban J connectivity index is 0.000000980. The Labute approximate surface area is 181 Å². The van der Waals surface area contributed by atoms with Crippen LogP contribution in [0.1, 0.15) is 49.4 Å². The van der Waals surface area contributed by atoms with Crippen molar-refractivity contribution >= 4 is 20.1 Å². The summed E-state index contributed by atoms with van der Waals surface area (Å²) < 4.78 is 1.72. The van der Waals surface area contributed by atoms with Crippen molar-refractivity contribution in [1.29, 1.82) is 0 Å². The maximum Gasteiger partial charge on any atom is -1.00 e. The summed E-state index contributed by atoms with van der Waals surface area (Å²) in [5.41, 5.74) is 6.40. The minimum absolute atomic E-state index is 0. The number of benzene rings is 2. The third-order valence-corrected chi connectivity index (χ3v) is 16.9. The quantitative estimate of drug-likeness (QED) is 0.377. The van der Waals surface area contributed by atoms with E-state index in [1.807, 2.05) is 10.6 Å². The van der Waals surface area contributed by atoms with Gasteiger partial charge in [-0.25, -0.2) is 0 Å². The van der Waals surface area contributed by atoms with Gasteiger partial charge in [-0.05, 0) is 0 Å². The first-order chi connectivity index (χ1) is 11.9. The molecule has 2 aromatic rings. The molecule has 0 N–H and O–H groups in total. The van der Waals surface area contributed by atoms with Gasteiger partial charge in [0.1, 0.15) is 0 Å². The molecule has 0 radical (unpaired) electrons. The third-order valence-electron chi connectivity index (χ3n) is 5.50. The standard InChI is InChI=1S/C22H21P.2ClH.Hf/c1-2-3-12-23(21-13-17-8-4-5-9-18(17)14-21)22-15-19-10-6-7-11-20(19)16-22;;;/h4-11,13-16H,2-3,12H2,1H3;2*1H;/q;;;+2/p-2. The molecule has 1 fully saturated rings. The van der Waals surface area contributed by atoms with Crippen LogP contribution >= 0.6 is 7.92 Å². The summed E-state index contributed by atoms with van der Waals surface area (Å²) in [7, 11) is -0.0802. The second kappa shape index (κ2) is 8.44. The Morgan fingerprint density at radius 2 is 1.31 bits per heavy atom. The Morgan fingerprint density at radius 3 is 1.81 bits per heavy atom. The van der Waals surface area contributed by atoms with Crippen molar-refractivity contribution in [3.05, 3.63) is 81.4 Å². The van der Waals surface area contributed by atoms with E-state index in [9.17, 15) is 0 Å². The summed E-state index contributed by atoms with van der Waals surface area (Å²) in [4.78, 5) is 0. The third kappa shape index (κ3) is 3.24. The number of unbranched alkanes of at least 4 members (excludes halogenated alkanes) is 1. The van der Waals surface area contributed by atoms with E-state index in [1.165, 1.54) is 30.1 Å². The fourth-order valence-electron chi connectivity index (χ4n) is 4.32. The Morgan fingerprint density at radius 1 is 0.808 bits per heavy atom. The average molecular weight is 566 g/mol. The second-order valence-electron chi connectivity index (χ2n) is 6.93. The van der Waals surface area contributed by atoms with Gasteiger partial charge in [-0.1, -0.05) is 0 Å². The summed E-state index contributed by atoms with van der Waals surface area (Å²) in [5, 5.41) is 3.69. The topological polar surface area (TPSA) is 0 Å². The van der Waals surface area contributed by atoms with Crippen LogP contribution in [0.3, 0.4) is 0 Å². The van der Waals surface area contributed by atoms with Crippen molar-refractivity contribution in [2.75, 3.05) is 6.16 Å². The van der Waals surface area contributed by atoms with Gasteiger partial charge in [0, 0.05) is 0 Å². The first-order valence-corrected chi connectivity index (χ1v) is 14.7. The zero-order valence-corrected chi connectivity index (χ0v) is 20.8. The molecule has 0 nitrogen and oxygen atoms in total.